The van der Waals surface area contributed by atoms with Gasteiger partial charge < -0.3 is 4.74 Å². The highest BCUT2D eigenvalue weighted by atomic mass is 32.2. The molecule has 10 nitrogen and oxygen atoms in total. The Kier molecular flexibility index (Phi) is 6.13. The molecule has 0 spiro atoms. The monoisotopic (exact) mass is 535 g/mol. The fourth-order valence-electron chi connectivity index (χ4n) is 5.21. The van der Waals surface area contributed by atoms with Crippen LogP contribution in [0.2, 0.25) is 0 Å². The number of ether oxygens (including phenoxy) is 1. The van der Waals surface area contributed by atoms with Gasteiger partial charge in [0.1, 0.15) is 23.7 Å². The van der Waals surface area contributed by atoms with E-state index in [-0.39, 0.29) is 18.0 Å². The second kappa shape index (κ2) is 9.09. The summed E-state index contributed by atoms with van der Waals surface area (Å²) in [4.78, 5) is 66.1. The van der Waals surface area contributed by atoms with Crippen LogP contribution in [0.1, 0.15) is 55.5 Å². The molecule has 0 N–H and O–H groups in total. The predicted molar refractivity (Wildman–Crippen MR) is 138 cm³/mol. The second-order valence-corrected chi connectivity index (χ2v) is 10.8. The number of carbonyl (C=O) groups is 4. The van der Waals surface area contributed by atoms with E-state index in [2.05, 4.69) is 0 Å². The zero-order valence-corrected chi connectivity index (χ0v) is 22.3. The maximum absolute atomic E-state index is 13.5. The Morgan fingerprint density at radius 2 is 1.50 bits per heavy atom. The van der Waals surface area contributed by atoms with Gasteiger partial charge in [-0.05, 0) is 80.1 Å². The van der Waals surface area contributed by atoms with Crippen molar-refractivity contribution < 1.29 is 28.8 Å². The van der Waals surface area contributed by atoms with Crippen molar-refractivity contribution in [1.29, 1.82) is 0 Å². The first-order chi connectivity index (χ1) is 18.0. The van der Waals surface area contributed by atoms with Crippen LogP contribution in [0.4, 0.5) is 5.69 Å². The molecule has 196 valence electrons. The molecule has 2 aromatic carbocycles. The van der Waals surface area contributed by atoms with E-state index in [9.17, 15) is 29.3 Å². The highest BCUT2D eigenvalue weighted by Crippen LogP contribution is 2.45. The number of hydrogen-bond donors (Lipinski definition) is 0. The Morgan fingerprint density at radius 3 is 2.03 bits per heavy atom. The number of β-lactam (4-membered cyclic amide) rings is 1. The number of imide groups is 1. The molecular weight excluding hydrogens is 510 g/mol. The number of non-ortho nitro benzene ring substituents is 1. The lowest BCUT2D eigenvalue weighted by Crippen LogP contribution is -2.71. The van der Waals surface area contributed by atoms with Crippen molar-refractivity contribution in [3.8, 4) is 0 Å². The third-order valence-corrected chi connectivity index (χ3v) is 9.08. The fourth-order valence-corrected chi connectivity index (χ4v) is 6.55. The quantitative estimate of drug-likeness (QED) is 0.186. The Hall–Kier alpha value is -3.99. The van der Waals surface area contributed by atoms with Gasteiger partial charge in [-0.15, -0.1) is 11.8 Å². The minimum atomic E-state index is -1.02. The summed E-state index contributed by atoms with van der Waals surface area (Å²) in [5, 5.41) is 10.2. The summed E-state index contributed by atoms with van der Waals surface area (Å²) in [6, 6.07) is 4.61. The van der Waals surface area contributed by atoms with Gasteiger partial charge in [-0.1, -0.05) is 0 Å². The SMILES string of the molecule is CC1=C(C(=O)OCc2ccc([N+](=O)[O-])cc2)N2C(=O)C(N3C(=O)c4c(C)c(C)c(C)c(C)c4C3=O)[C@H]2SC1. The normalized spacial score (nSPS) is 20.4. The molecule has 1 saturated heterocycles. The molecule has 2 aromatic rings. The molecule has 3 heterocycles. The van der Waals surface area contributed by atoms with Crippen LogP contribution >= 0.6 is 11.8 Å². The van der Waals surface area contributed by atoms with Gasteiger partial charge in [0.2, 0.25) is 0 Å². The fraction of sp³-hybridized carbons (Fsp3) is 0.333. The van der Waals surface area contributed by atoms with Crippen molar-refractivity contribution in [2.45, 2.75) is 52.6 Å². The molecular formula is C27H25N3O7S. The van der Waals surface area contributed by atoms with Crippen molar-refractivity contribution in [2.75, 3.05) is 5.75 Å². The van der Waals surface area contributed by atoms with Crippen molar-refractivity contribution in [3.63, 3.8) is 0 Å². The van der Waals surface area contributed by atoms with Crippen LogP contribution in [-0.4, -0.2) is 55.6 Å². The van der Waals surface area contributed by atoms with Crippen LogP contribution in [0.5, 0.6) is 0 Å². The first kappa shape index (κ1) is 25.7. The van der Waals surface area contributed by atoms with Crippen LogP contribution in [0.15, 0.2) is 35.5 Å². The van der Waals surface area contributed by atoms with Crippen molar-refractivity contribution in [1.82, 2.24) is 9.80 Å². The number of rotatable bonds is 5. The number of thioether (sulfide) groups is 1. The highest BCUT2D eigenvalue weighted by Gasteiger charge is 2.60. The number of nitrogens with zero attached hydrogens (tertiary/aromatic N) is 3. The van der Waals surface area contributed by atoms with Crippen molar-refractivity contribution in [2.24, 2.45) is 0 Å². The predicted octanol–water partition coefficient (Wildman–Crippen LogP) is 3.73. The van der Waals surface area contributed by atoms with Gasteiger partial charge in [-0.3, -0.25) is 34.3 Å². The first-order valence-electron chi connectivity index (χ1n) is 12.0. The molecule has 1 fully saturated rings. The Morgan fingerprint density at radius 1 is 0.947 bits per heavy atom. The molecule has 1 unspecified atom stereocenters. The number of hydrogen-bond acceptors (Lipinski definition) is 8. The summed E-state index contributed by atoms with van der Waals surface area (Å²) < 4.78 is 5.43. The number of nitro benzene ring substituents is 1. The minimum Gasteiger partial charge on any atom is -0.456 e. The lowest BCUT2D eigenvalue weighted by molar-refractivity contribution is -0.384. The molecule has 3 aliphatic rings. The molecule has 0 aliphatic carbocycles. The lowest BCUT2D eigenvalue weighted by atomic mass is 9.90. The molecule has 0 saturated carbocycles. The third kappa shape index (κ3) is 3.64. The summed E-state index contributed by atoms with van der Waals surface area (Å²) >= 11 is 1.39. The number of esters is 1. The van der Waals surface area contributed by atoms with Crippen molar-refractivity contribution in [3.05, 3.63) is 84.6 Å². The van der Waals surface area contributed by atoms with E-state index in [1.807, 2.05) is 27.7 Å². The molecule has 3 amide bonds. The molecule has 0 aromatic heterocycles. The van der Waals surface area contributed by atoms with Gasteiger partial charge in [-0.2, -0.15) is 0 Å². The third-order valence-electron chi connectivity index (χ3n) is 7.67. The molecule has 0 radical (unpaired) electrons. The largest absolute Gasteiger partial charge is 0.456 e. The number of amides is 3. The van der Waals surface area contributed by atoms with E-state index in [4.69, 9.17) is 4.74 Å². The van der Waals surface area contributed by atoms with E-state index in [1.165, 1.54) is 40.9 Å². The van der Waals surface area contributed by atoms with Crippen LogP contribution in [0, 0.1) is 37.8 Å². The molecule has 38 heavy (non-hydrogen) atoms. The van der Waals surface area contributed by atoms with Crippen LogP contribution in [0.25, 0.3) is 0 Å². The highest BCUT2D eigenvalue weighted by molar-refractivity contribution is 8.00. The van der Waals surface area contributed by atoms with E-state index in [1.54, 1.807) is 6.92 Å². The summed E-state index contributed by atoms with van der Waals surface area (Å²) in [5.41, 5.74) is 5.26. The van der Waals surface area contributed by atoms with Gasteiger partial charge >= 0.3 is 5.97 Å². The van der Waals surface area contributed by atoms with E-state index < -0.39 is 40.0 Å². The number of carbonyl (C=O) groups excluding carboxylic acids is 4. The molecule has 3 aliphatic heterocycles. The Labute approximate surface area is 222 Å². The average molecular weight is 536 g/mol. The zero-order chi connectivity index (χ0) is 27.6. The summed E-state index contributed by atoms with van der Waals surface area (Å²) in [6.45, 7) is 9.04. The number of benzene rings is 2. The maximum atomic E-state index is 13.5. The van der Waals surface area contributed by atoms with Gasteiger partial charge in [-0.25, -0.2) is 4.79 Å². The molecule has 2 atom stereocenters. The van der Waals surface area contributed by atoms with Crippen LogP contribution in [0.3, 0.4) is 0 Å². The molecule has 11 heteroatoms. The van der Waals surface area contributed by atoms with Crippen molar-refractivity contribution >= 4 is 41.1 Å². The van der Waals surface area contributed by atoms with E-state index >= 15 is 0 Å². The van der Waals surface area contributed by atoms with E-state index in [0.29, 0.717) is 28.0 Å². The van der Waals surface area contributed by atoms with Crippen LogP contribution in [-0.2, 0) is 20.9 Å². The van der Waals surface area contributed by atoms with Gasteiger partial charge in [0.05, 0.1) is 16.1 Å². The standard InChI is InChI=1S/C27H25N3O7S/c1-12-11-38-26-22(28-23(31)19-15(4)13(2)14(3)16(5)20(19)24(28)32)25(33)29(26)21(12)27(34)37-10-17-6-8-18(9-7-17)30(35)36/h6-9,22,26H,10-11H2,1-5H3/t22?,26-/m1/s1. The first-order valence-corrected chi connectivity index (χ1v) is 13.0. The van der Waals surface area contributed by atoms with E-state index in [0.717, 1.165) is 27.2 Å². The topological polar surface area (TPSA) is 127 Å². The lowest BCUT2D eigenvalue weighted by Gasteiger charge is -2.51. The maximum Gasteiger partial charge on any atom is 0.355 e. The minimum absolute atomic E-state index is 0.0770. The summed E-state index contributed by atoms with van der Waals surface area (Å²) in [7, 11) is 0. The number of fused-ring (bicyclic) bond motifs is 2. The van der Waals surface area contributed by atoms with Gasteiger partial charge in [0.25, 0.3) is 23.4 Å². The second-order valence-electron chi connectivity index (χ2n) is 9.71. The summed E-state index contributed by atoms with van der Waals surface area (Å²) in [6.07, 6.45) is 0. The molecule has 0 bridgehead atoms. The zero-order valence-electron chi connectivity index (χ0n) is 21.5. The Bertz CT molecular complexity index is 1450. The smallest absolute Gasteiger partial charge is 0.355 e. The summed E-state index contributed by atoms with van der Waals surface area (Å²) in [5.74, 6) is -1.77. The van der Waals surface area contributed by atoms with Crippen LogP contribution < -0.4 is 0 Å². The van der Waals surface area contributed by atoms with Gasteiger partial charge in [0, 0.05) is 17.9 Å². The molecule has 5 rings (SSSR count). The Balaban J connectivity index is 1.37. The number of nitro groups is 1. The average Bonchev–Trinajstić information content (AvgIpc) is 3.15. The van der Waals surface area contributed by atoms with Gasteiger partial charge in [0.15, 0.2) is 0 Å².